The summed E-state index contributed by atoms with van der Waals surface area (Å²) in [5, 5.41) is 0. The minimum Gasteiger partial charge on any atom is -0.383 e. The Morgan fingerprint density at radius 1 is 1.19 bits per heavy atom. The summed E-state index contributed by atoms with van der Waals surface area (Å²) in [5.74, 6) is 1.87. The zero-order chi connectivity index (χ0) is 15.4. The number of aromatic nitrogens is 2. The maximum Gasteiger partial charge on any atom is 0.132 e. The highest BCUT2D eigenvalue weighted by Crippen LogP contribution is 2.43. The minimum atomic E-state index is -0.0123. The van der Waals surface area contributed by atoms with Gasteiger partial charge in [-0.3, -0.25) is 0 Å². The van der Waals surface area contributed by atoms with E-state index in [0.717, 1.165) is 31.8 Å². The van der Waals surface area contributed by atoms with Gasteiger partial charge in [-0.1, -0.05) is 26.8 Å². The highest BCUT2D eigenvalue weighted by atomic mass is 79.9. The normalized spacial score (nSPS) is 15.5. The minimum absolute atomic E-state index is 0.0123. The second-order valence-electron chi connectivity index (χ2n) is 6.65. The Morgan fingerprint density at radius 2 is 1.86 bits per heavy atom. The molecule has 112 valence electrons. The molecule has 2 aromatic rings. The summed E-state index contributed by atoms with van der Waals surface area (Å²) in [6, 6.07) is 6.66. The fourth-order valence-corrected chi connectivity index (χ4v) is 3.16. The SMILES string of the molecule is CC(C)(C)c1nc(-c2ccc(Br)c(Br)c2)c(N)n1C1CC1. The van der Waals surface area contributed by atoms with E-state index in [9.17, 15) is 0 Å². The molecule has 5 heteroatoms. The van der Waals surface area contributed by atoms with Crippen molar-refractivity contribution in [2.24, 2.45) is 0 Å². The van der Waals surface area contributed by atoms with Crippen molar-refractivity contribution in [2.75, 3.05) is 5.73 Å². The Bertz CT molecular complexity index is 694. The summed E-state index contributed by atoms with van der Waals surface area (Å²) in [4.78, 5) is 4.89. The van der Waals surface area contributed by atoms with Crippen molar-refractivity contribution in [2.45, 2.75) is 45.1 Å². The van der Waals surface area contributed by atoms with Crippen LogP contribution in [0, 0.1) is 0 Å². The summed E-state index contributed by atoms with van der Waals surface area (Å²) in [6.07, 6.45) is 2.40. The molecule has 21 heavy (non-hydrogen) atoms. The van der Waals surface area contributed by atoms with Crippen LogP contribution in [0.15, 0.2) is 27.1 Å². The summed E-state index contributed by atoms with van der Waals surface area (Å²) in [7, 11) is 0. The van der Waals surface area contributed by atoms with Crippen molar-refractivity contribution < 1.29 is 0 Å². The van der Waals surface area contributed by atoms with Gasteiger partial charge >= 0.3 is 0 Å². The molecule has 1 fully saturated rings. The first-order valence-corrected chi connectivity index (χ1v) is 8.71. The van der Waals surface area contributed by atoms with Crippen LogP contribution in [0.4, 0.5) is 5.82 Å². The molecule has 0 atom stereocenters. The Labute approximate surface area is 142 Å². The first-order valence-electron chi connectivity index (χ1n) is 7.12. The van der Waals surface area contributed by atoms with Crippen LogP contribution in [0.2, 0.25) is 0 Å². The molecule has 3 rings (SSSR count). The molecule has 0 saturated heterocycles. The van der Waals surface area contributed by atoms with Gasteiger partial charge in [0.25, 0.3) is 0 Å². The zero-order valence-corrected chi connectivity index (χ0v) is 15.6. The third kappa shape index (κ3) is 2.78. The van der Waals surface area contributed by atoms with Crippen LogP contribution in [0.1, 0.15) is 45.5 Å². The standard InChI is InChI=1S/C16H19Br2N3/c1-16(2,3)15-20-13(14(19)21(15)10-5-6-10)9-4-7-11(17)12(18)8-9/h4,7-8,10H,5-6,19H2,1-3H3. The van der Waals surface area contributed by atoms with Crippen molar-refractivity contribution >= 4 is 37.7 Å². The van der Waals surface area contributed by atoms with Gasteiger partial charge in [0, 0.05) is 26.0 Å². The monoisotopic (exact) mass is 411 g/mol. The molecule has 1 aromatic heterocycles. The van der Waals surface area contributed by atoms with E-state index in [2.05, 4.69) is 69.3 Å². The topological polar surface area (TPSA) is 43.8 Å². The molecule has 1 aliphatic carbocycles. The highest BCUT2D eigenvalue weighted by Gasteiger charge is 2.34. The molecule has 0 bridgehead atoms. The van der Waals surface area contributed by atoms with Crippen molar-refractivity contribution in [3.05, 3.63) is 33.0 Å². The van der Waals surface area contributed by atoms with Gasteiger partial charge in [0.15, 0.2) is 0 Å². The number of nitrogens with zero attached hydrogens (tertiary/aromatic N) is 2. The maximum atomic E-state index is 6.44. The number of nitrogens with two attached hydrogens (primary N) is 1. The molecule has 0 radical (unpaired) electrons. The number of imidazole rings is 1. The molecule has 1 aromatic carbocycles. The summed E-state index contributed by atoms with van der Waals surface area (Å²) >= 11 is 7.05. The van der Waals surface area contributed by atoms with Crippen molar-refractivity contribution in [3.63, 3.8) is 0 Å². The lowest BCUT2D eigenvalue weighted by molar-refractivity contribution is 0.504. The van der Waals surface area contributed by atoms with Crippen molar-refractivity contribution in [1.29, 1.82) is 0 Å². The van der Waals surface area contributed by atoms with Crippen LogP contribution in [-0.2, 0) is 5.41 Å². The van der Waals surface area contributed by atoms with Gasteiger partial charge < -0.3 is 10.3 Å². The first kappa shape index (κ1) is 15.1. The van der Waals surface area contributed by atoms with E-state index in [4.69, 9.17) is 10.7 Å². The van der Waals surface area contributed by atoms with Gasteiger partial charge in [0.1, 0.15) is 17.3 Å². The van der Waals surface area contributed by atoms with E-state index in [1.165, 1.54) is 12.8 Å². The maximum absolute atomic E-state index is 6.44. The van der Waals surface area contributed by atoms with Crippen LogP contribution in [0.25, 0.3) is 11.3 Å². The van der Waals surface area contributed by atoms with Crippen LogP contribution in [0.5, 0.6) is 0 Å². The number of halogens is 2. The zero-order valence-electron chi connectivity index (χ0n) is 12.5. The van der Waals surface area contributed by atoms with Gasteiger partial charge in [-0.25, -0.2) is 4.98 Å². The molecule has 2 N–H and O–H groups in total. The largest absolute Gasteiger partial charge is 0.383 e. The fraction of sp³-hybridized carbons (Fsp3) is 0.438. The van der Waals surface area contributed by atoms with Crippen molar-refractivity contribution in [3.8, 4) is 11.3 Å². The Morgan fingerprint density at radius 3 is 2.38 bits per heavy atom. The van der Waals surface area contributed by atoms with Gasteiger partial charge in [-0.15, -0.1) is 0 Å². The predicted molar refractivity (Wildman–Crippen MR) is 94.4 cm³/mol. The predicted octanol–water partition coefficient (Wildman–Crippen LogP) is 5.29. The number of anilines is 1. The number of nitrogen functional groups attached to an aromatic ring is 1. The molecule has 1 aliphatic rings. The number of hydrogen-bond donors (Lipinski definition) is 1. The van der Waals surface area contributed by atoms with Gasteiger partial charge in [-0.05, 0) is 56.8 Å². The smallest absolute Gasteiger partial charge is 0.132 e. The third-order valence-corrected chi connectivity index (χ3v) is 5.60. The molecule has 1 heterocycles. The third-order valence-electron chi connectivity index (χ3n) is 3.72. The molecule has 1 saturated carbocycles. The van der Waals surface area contributed by atoms with E-state index in [-0.39, 0.29) is 5.41 Å². The second kappa shape index (κ2) is 5.13. The molecule has 0 unspecified atom stereocenters. The van der Waals surface area contributed by atoms with Crippen LogP contribution in [-0.4, -0.2) is 9.55 Å². The summed E-state index contributed by atoms with van der Waals surface area (Å²) in [6.45, 7) is 6.57. The molecular weight excluding hydrogens is 394 g/mol. The van der Waals surface area contributed by atoms with Gasteiger partial charge in [0.05, 0.1) is 0 Å². The molecular formula is C16H19Br2N3. The quantitative estimate of drug-likeness (QED) is 0.728. The number of benzene rings is 1. The lowest BCUT2D eigenvalue weighted by Gasteiger charge is -2.20. The van der Waals surface area contributed by atoms with Gasteiger partial charge in [0.2, 0.25) is 0 Å². The number of rotatable bonds is 2. The lowest BCUT2D eigenvalue weighted by atomic mass is 9.95. The first-order chi connectivity index (χ1) is 9.79. The average Bonchev–Trinajstić information content (AvgIpc) is 3.15. The van der Waals surface area contributed by atoms with Crippen LogP contribution < -0.4 is 5.73 Å². The summed E-state index contributed by atoms with van der Waals surface area (Å²) < 4.78 is 4.28. The van der Waals surface area contributed by atoms with E-state index in [1.54, 1.807) is 0 Å². The Hall–Kier alpha value is -0.810. The van der Waals surface area contributed by atoms with Gasteiger partial charge in [-0.2, -0.15) is 0 Å². The summed E-state index contributed by atoms with van der Waals surface area (Å²) in [5.41, 5.74) is 8.36. The molecule has 0 aliphatic heterocycles. The molecule has 0 amide bonds. The molecule has 0 spiro atoms. The second-order valence-corrected chi connectivity index (χ2v) is 8.36. The van der Waals surface area contributed by atoms with E-state index in [0.29, 0.717) is 6.04 Å². The van der Waals surface area contributed by atoms with E-state index >= 15 is 0 Å². The lowest BCUT2D eigenvalue weighted by Crippen LogP contribution is -2.19. The Balaban J connectivity index is 2.17. The number of hydrogen-bond acceptors (Lipinski definition) is 2. The Kier molecular flexibility index (Phi) is 3.69. The average molecular weight is 413 g/mol. The van der Waals surface area contributed by atoms with Crippen LogP contribution >= 0.6 is 31.9 Å². The molecule has 3 nitrogen and oxygen atoms in total. The highest BCUT2D eigenvalue weighted by molar-refractivity contribution is 9.13. The van der Waals surface area contributed by atoms with E-state index in [1.807, 2.05) is 6.07 Å². The van der Waals surface area contributed by atoms with E-state index < -0.39 is 0 Å². The van der Waals surface area contributed by atoms with Crippen molar-refractivity contribution in [1.82, 2.24) is 9.55 Å². The van der Waals surface area contributed by atoms with Crippen LogP contribution in [0.3, 0.4) is 0 Å². The fourth-order valence-electron chi connectivity index (χ4n) is 2.53.